The smallest absolute Gasteiger partial charge is 0.340 e. The van der Waals surface area contributed by atoms with Gasteiger partial charge in [0.05, 0.1) is 34.1 Å². The van der Waals surface area contributed by atoms with Crippen LogP contribution in [-0.4, -0.2) is 29.0 Å². The molecule has 3 aromatic rings. The third-order valence-corrected chi connectivity index (χ3v) is 4.07. The summed E-state index contributed by atoms with van der Waals surface area (Å²) < 4.78 is 19.0. The van der Waals surface area contributed by atoms with Crippen LogP contribution in [0, 0.1) is 12.7 Å². The quantitative estimate of drug-likeness (QED) is 0.737. The molecular formula is C16H12FN3O3S. The van der Waals surface area contributed by atoms with E-state index in [-0.39, 0.29) is 16.9 Å². The van der Waals surface area contributed by atoms with Crippen LogP contribution in [0.3, 0.4) is 0 Å². The Bertz CT molecular complexity index is 935. The second-order valence-corrected chi connectivity index (χ2v) is 5.86. The predicted octanol–water partition coefficient (Wildman–Crippen LogP) is 3.18. The Labute approximate surface area is 140 Å². The number of thiazole rings is 1. The highest BCUT2D eigenvalue weighted by atomic mass is 32.1. The number of nitrogens with one attached hydrogen (secondary N) is 1. The molecule has 24 heavy (non-hydrogen) atoms. The highest BCUT2D eigenvalue weighted by molar-refractivity contribution is 7.16. The Hall–Kier alpha value is -2.87. The minimum atomic E-state index is -0.619. The number of anilines is 1. The number of nitrogens with zero attached hydrogens (tertiary/aromatic N) is 2. The lowest BCUT2D eigenvalue weighted by atomic mass is 10.1. The molecule has 0 radical (unpaired) electrons. The molecule has 1 aromatic carbocycles. The van der Waals surface area contributed by atoms with Gasteiger partial charge < -0.3 is 10.1 Å². The number of pyridine rings is 1. The first kappa shape index (κ1) is 16.0. The van der Waals surface area contributed by atoms with E-state index in [0.29, 0.717) is 11.2 Å². The van der Waals surface area contributed by atoms with Crippen LogP contribution in [0.25, 0.3) is 10.2 Å². The fourth-order valence-corrected chi connectivity index (χ4v) is 2.91. The summed E-state index contributed by atoms with van der Waals surface area (Å²) in [5.41, 5.74) is 2.98. The number of rotatable bonds is 3. The minimum Gasteiger partial charge on any atom is -0.465 e. The number of aromatic nitrogens is 2. The first-order chi connectivity index (χ1) is 11.5. The van der Waals surface area contributed by atoms with E-state index in [1.807, 2.05) is 0 Å². The number of hydrogen-bond acceptors (Lipinski definition) is 6. The topological polar surface area (TPSA) is 81.2 Å². The third kappa shape index (κ3) is 3.09. The summed E-state index contributed by atoms with van der Waals surface area (Å²) in [6, 6.07) is 5.42. The second kappa shape index (κ2) is 6.32. The molecule has 6 nitrogen and oxygen atoms in total. The summed E-state index contributed by atoms with van der Waals surface area (Å²) in [5.74, 6) is -1.78. The Kier molecular flexibility index (Phi) is 4.22. The van der Waals surface area contributed by atoms with E-state index < -0.39 is 17.7 Å². The summed E-state index contributed by atoms with van der Waals surface area (Å²) in [4.78, 5) is 32.4. The Morgan fingerprint density at radius 3 is 2.75 bits per heavy atom. The summed E-state index contributed by atoms with van der Waals surface area (Å²) >= 11 is 1.37. The lowest BCUT2D eigenvalue weighted by molar-refractivity contribution is 0.0602. The maximum absolute atomic E-state index is 13.5. The molecule has 0 aliphatic heterocycles. The largest absolute Gasteiger partial charge is 0.465 e. The summed E-state index contributed by atoms with van der Waals surface area (Å²) in [6.07, 6.45) is 0. The van der Waals surface area contributed by atoms with E-state index in [2.05, 4.69) is 15.3 Å². The number of esters is 1. The second-order valence-electron chi connectivity index (χ2n) is 4.98. The normalized spacial score (nSPS) is 10.6. The van der Waals surface area contributed by atoms with Crippen LogP contribution in [0.4, 0.5) is 10.1 Å². The van der Waals surface area contributed by atoms with Crippen molar-refractivity contribution in [1.29, 1.82) is 0 Å². The molecule has 0 aliphatic carbocycles. The number of ether oxygens (including phenoxy) is 1. The van der Waals surface area contributed by atoms with E-state index >= 15 is 0 Å². The van der Waals surface area contributed by atoms with Crippen LogP contribution < -0.4 is 5.32 Å². The zero-order chi connectivity index (χ0) is 17.3. The molecule has 3 rings (SSSR count). The van der Waals surface area contributed by atoms with Crippen molar-refractivity contribution in [2.75, 3.05) is 12.4 Å². The maximum atomic E-state index is 13.5. The number of carbonyl (C=O) groups excluding carboxylic acids is 2. The van der Waals surface area contributed by atoms with Gasteiger partial charge in [0.25, 0.3) is 5.91 Å². The first-order valence-corrected chi connectivity index (χ1v) is 7.77. The number of benzene rings is 1. The summed E-state index contributed by atoms with van der Waals surface area (Å²) in [7, 11) is 1.25. The van der Waals surface area contributed by atoms with E-state index in [9.17, 15) is 14.0 Å². The van der Waals surface area contributed by atoms with Crippen molar-refractivity contribution in [1.82, 2.24) is 9.97 Å². The van der Waals surface area contributed by atoms with Gasteiger partial charge in [-0.25, -0.2) is 19.2 Å². The molecule has 2 aromatic heterocycles. The molecule has 0 fully saturated rings. The fraction of sp³-hybridized carbons (Fsp3) is 0.125. The Balaban J connectivity index is 2.01. The molecule has 1 N–H and O–H groups in total. The molecule has 0 bridgehead atoms. The highest BCUT2D eigenvalue weighted by Gasteiger charge is 2.18. The van der Waals surface area contributed by atoms with E-state index in [4.69, 9.17) is 4.74 Å². The van der Waals surface area contributed by atoms with Gasteiger partial charge in [-0.05, 0) is 25.1 Å². The summed E-state index contributed by atoms with van der Waals surface area (Å²) in [6.45, 7) is 1.59. The van der Waals surface area contributed by atoms with Crippen molar-refractivity contribution in [3.63, 3.8) is 0 Å². The van der Waals surface area contributed by atoms with Crippen molar-refractivity contribution < 1.29 is 18.7 Å². The van der Waals surface area contributed by atoms with Gasteiger partial charge in [0, 0.05) is 11.8 Å². The summed E-state index contributed by atoms with van der Waals surface area (Å²) in [5, 5.41) is 2.59. The van der Waals surface area contributed by atoms with Gasteiger partial charge in [-0.15, -0.1) is 11.3 Å². The van der Waals surface area contributed by atoms with E-state index in [1.165, 1.54) is 30.6 Å². The third-order valence-electron chi connectivity index (χ3n) is 3.27. The van der Waals surface area contributed by atoms with Gasteiger partial charge in [0.1, 0.15) is 11.5 Å². The van der Waals surface area contributed by atoms with Crippen molar-refractivity contribution in [2.45, 2.75) is 6.92 Å². The van der Waals surface area contributed by atoms with Crippen LogP contribution >= 0.6 is 11.3 Å². The number of carbonyl (C=O) groups is 2. The number of methoxy groups -OCH3 is 1. The molecule has 0 saturated heterocycles. The van der Waals surface area contributed by atoms with Gasteiger partial charge in [-0.3, -0.25) is 4.79 Å². The fourth-order valence-electron chi connectivity index (χ4n) is 2.21. The van der Waals surface area contributed by atoms with E-state index in [0.717, 1.165) is 10.8 Å². The molecule has 122 valence electrons. The van der Waals surface area contributed by atoms with Gasteiger partial charge in [-0.2, -0.15) is 0 Å². The Morgan fingerprint density at radius 2 is 2.04 bits per heavy atom. The first-order valence-electron chi connectivity index (χ1n) is 6.89. The average molecular weight is 345 g/mol. The number of hydrogen-bond donors (Lipinski definition) is 1. The Morgan fingerprint density at radius 1 is 1.25 bits per heavy atom. The van der Waals surface area contributed by atoms with Crippen molar-refractivity contribution in [2.24, 2.45) is 0 Å². The molecule has 0 aliphatic rings. The van der Waals surface area contributed by atoms with Crippen LogP contribution in [0.5, 0.6) is 0 Å². The van der Waals surface area contributed by atoms with Gasteiger partial charge in [-0.1, -0.05) is 0 Å². The zero-order valence-corrected chi connectivity index (χ0v) is 13.6. The molecule has 2 heterocycles. The maximum Gasteiger partial charge on any atom is 0.340 e. The van der Waals surface area contributed by atoms with Crippen molar-refractivity contribution in [3.8, 4) is 0 Å². The number of aryl methyl sites for hydroxylation is 1. The van der Waals surface area contributed by atoms with Crippen LogP contribution in [-0.2, 0) is 4.74 Å². The number of amides is 1. The molecular weight excluding hydrogens is 333 g/mol. The standard InChI is InChI=1S/C16H12FN3O3S/c1-8-3-9(17)4-13(19-8)15(21)20-11-6-14-12(18-7-24-14)5-10(11)16(22)23-2/h3-7H,1-2H3,(H,20,21). The van der Waals surface area contributed by atoms with Crippen LogP contribution in [0.1, 0.15) is 26.5 Å². The minimum absolute atomic E-state index is 0.0762. The van der Waals surface area contributed by atoms with Gasteiger partial charge in [0.15, 0.2) is 0 Å². The van der Waals surface area contributed by atoms with Gasteiger partial charge >= 0.3 is 5.97 Å². The van der Waals surface area contributed by atoms with Crippen molar-refractivity contribution in [3.05, 3.63) is 52.5 Å². The SMILES string of the molecule is COC(=O)c1cc2ncsc2cc1NC(=O)c1cc(F)cc(C)n1. The van der Waals surface area contributed by atoms with Crippen LogP contribution in [0.15, 0.2) is 29.8 Å². The van der Waals surface area contributed by atoms with Crippen LogP contribution in [0.2, 0.25) is 0 Å². The molecule has 1 amide bonds. The number of halogens is 1. The molecule has 0 atom stereocenters. The molecule has 8 heteroatoms. The highest BCUT2D eigenvalue weighted by Crippen LogP contribution is 2.27. The van der Waals surface area contributed by atoms with Gasteiger partial charge in [0.2, 0.25) is 0 Å². The molecule has 0 unspecified atom stereocenters. The molecule has 0 saturated carbocycles. The van der Waals surface area contributed by atoms with E-state index in [1.54, 1.807) is 18.5 Å². The number of fused-ring (bicyclic) bond motifs is 1. The predicted molar refractivity (Wildman–Crippen MR) is 87.8 cm³/mol. The zero-order valence-electron chi connectivity index (χ0n) is 12.8. The molecule has 0 spiro atoms. The lowest BCUT2D eigenvalue weighted by Crippen LogP contribution is -2.17. The average Bonchev–Trinajstić information content (AvgIpc) is 2.99. The monoisotopic (exact) mass is 345 g/mol. The van der Waals surface area contributed by atoms with Crippen molar-refractivity contribution >= 4 is 39.1 Å². The lowest BCUT2D eigenvalue weighted by Gasteiger charge is -2.10.